The second-order valence-corrected chi connectivity index (χ2v) is 2.62. The summed E-state index contributed by atoms with van der Waals surface area (Å²) in [5.41, 5.74) is -1.32. The van der Waals surface area contributed by atoms with E-state index >= 15 is 0 Å². The second-order valence-electron chi connectivity index (χ2n) is 2.62. The van der Waals surface area contributed by atoms with Gasteiger partial charge in [0.2, 0.25) is 0 Å². The van der Waals surface area contributed by atoms with Crippen molar-refractivity contribution in [3.05, 3.63) is 0 Å². The molecule has 0 fully saturated rings. The van der Waals surface area contributed by atoms with Crippen LogP contribution in [0.4, 0.5) is 0 Å². The topological polar surface area (TPSA) is 53.2 Å². The van der Waals surface area contributed by atoms with Gasteiger partial charge in [-0.15, -0.1) is 0 Å². The molecule has 0 aliphatic carbocycles. The van der Waals surface area contributed by atoms with Crippen LogP contribution in [0.2, 0.25) is 0 Å². The minimum Gasteiger partial charge on any atom is -0.381 e. The van der Waals surface area contributed by atoms with Gasteiger partial charge in [-0.3, -0.25) is 0 Å². The summed E-state index contributed by atoms with van der Waals surface area (Å²) < 4.78 is 4.69. The molecule has 0 saturated carbocycles. The molecule has 58 valence electrons. The number of hydrogen-bond acceptors (Lipinski definition) is 3. The molecule has 0 aromatic rings. The van der Waals surface area contributed by atoms with Gasteiger partial charge in [0.05, 0.1) is 6.61 Å². The zero-order chi connectivity index (χ0) is 8.20. The van der Waals surface area contributed by atoms with E-state index in [1.54, 1.807) is 13.8 Å². The summed E-state index contributed by atoms with van der Waals surface area (Å²) in [6.45, 7) is 3.63. The third kappa shape index (κ3) is 1.98. The molecular weight excluding hydrogens is 130 g/mol. The summed E-state index contributed by atoms with van der Waals surface area (Å²) >= 11 is 0. The van der Waals surface area contributed by atoms with E-state index in [1.165, 1.54) is 7.11 Å². The number of methoxy groups -OCH3 is 1. The predicted octanol–water partition coefficient (Wildman–Crippen LogP) is 0.543. The summed E-state index contributed by atoms with van der Waals surface area (Å²) in [5.74, 6) is -0.0996. The van der Waals surface area contributed by atoms with Gasteiger partial charge in [0.1, 0.15) is 6.07 Å². The summed E-state index contributed by atoms with van der Waals surface area (Å²) in [6, 6.07) is 1.81. The third-order valence-electron chi connectivity index (χ3n) is 1.51. The molecule has 0 radical (unpaired) electrons. The fourth-order valence-corrected chi connectivity index (χ4v) is 0.548. The van der Waals surface area contributed by atoms with Crippen molar-refractivity contribution in [2.75, 3.05) is 13.7 Å². The highest BCUT2D eigenvalue weighted by Gasteiger charge is 2.30. The zero-order valence-electron chi connectivity index (χ0n) is 6.59. The van der Waals surface area contributed by atoms with Gasteiger partial charge in [0.25, 0.3) is 0 Å². The molecule has 3 heteroatoms. The van der Waals surface area contributed by atoms with E-state index in [1.807, 2.05) is 6.07 Å². The average Bonchev–Trinajstić information content (AvgIpc) is 1.88. The summed E-state index contributed by atoms with van der Waals surface area (Å²) in [5, 5.41) is 17.9. The third-order valence-corrected chi connectivity index (χ3v) is 1.51. The Bertz CT molecular complexity index is 139. The SMILES string of the molecule is COCC(O)(C#N)C(C)C. The van der Waals surface area contributed by atoms with Crippen molar-refractivity contribution in [1.29, 1.82) is 5.26 Å². The lowest BCUT2D eigenvalue weighted by Gasteiger charge is -2.22. The quantitative estimate of drug-likeness (QED) is 0.587. The van der Waals surface area contributed by atoms with Crippen LogP contribution in [0.5, 0.6) is 0 Å². The molecule has 0 aliphatic rings. The Morgan fingerprint density at radius 2 is 2.20 bits per heavy atom. The largest absolute Gasteiger partial charge is 0.381 e. The number of aliphatic hydroxyl groups is 1. The normalized spacial score (nSPS) is 16.4. The van der Waals surface area contributed by atoms with Crippen molar-refractivity contribution < 1.29 is 9.84 Å². The molecule has 0 spiro atoms. The van der Waals surface area contributed by atoms with E-state index in [0.29, 0.717) is 0 Å². The first kappa shape index (κ1) is 9.41. The van der Waals surface area contributed by atoms with Crippen LogP contribution in [0.1, 0.15) is 13.8 Å². The zero-order valence-corrected chi connectivity index (χ0v) is 6.59. The number of ether oxygens (including phenoxy) is 1. The highest BCUT2D eigenvalue weighted by molar-refractivity contribution is 5.02. The maximum absolute atomic E-state index is 9.41. The molecule has 10 heavy (non-hydrogen) atoms. The van der Waals surface area contributed by atoms with E-state index in [9.17, 15) is 5.11 Å². The van der Waals surface area contributed by atoms with Crippen LogP contribution in [-0.2, 0) is 4.74 Å². The molecule has 1 atom stereocenters. The van der Waals surface area contributed by atoms with Crippen LogP contribution in [0, 0.1) is 17.2 Å². The van der Waals surface area contributed by atoms with E-state index in [4.69, 9.17) is 5.26 Å². The lowest BCUT2D eigenvalue weighted by Crippen LogP contribution is -2.37. The monoisotopic (exact) mass is 143 g/mol. The molecule has 0 amide bonds. The van der Waals surface area contributed by atoms with Crippen molar-refractivity contribution in [2.24, 2.45) is 5.92 Å². The summed E-state index contributed by atoms with van der Waals surface area (Å²) in [7, 11) is 1.46. The first-order valence-corrected chi connectivity index (χ1v) is 3.19. The molecule has 0 aliphatic heterocycles. The fourth-order valence-electron chi connectivity index (χ4n) is 0.548. The Morgan fingerprint density at radius 3 is 2.30 bits per heavy atom. The Labute approximate surface area is 61.2 Å². The Balaban J connectivity index is 4.12. The van der Waals surface area contributed by atoms with Gasteiger partial charge in [-0.05, 0) is 5.92 Å². The molecule has 1 N–H and O–H groups in total. The minimum absolute atomic E-state index is 0.0706. The summed E-state index contributed by atoms with van der Waals surface area (Å²) in [6.07, 6.45) is 0. The van der Waals surface area contributed by atoms with Crippen LogP contribution in [0.25, 0.3) is 0 Å². The smallest absolute Gasteiger partial charge is 0.176 e. The first-order valence-electron chi connectivity index (χ1n) is 3.19. The lowest BCUT2D eigenvalue weighted by atomic mass is 9.93. The molecule has 0 aromatic carbocycles. The fraction of sp³-hybridized carbons (Fsp3) is 0.857. The van der Waals surface area contributed by atoms with Gasteiger partial charge in [-0.1, -0.05) is 13.8 Å². The standard InChI is InChI=1S/C7H13NO2/c1-6(2)7(9,4-8)5-10-3/h6,9H,5H2,1-3H3. The molecule has 0 rings (SSSR count). The van der Waals surface area contributed by atoms with Gasteiger partial charge in [0, 0.05) is 7.11 Å². The first-order chi connectivity index (χ1) is 4.56. The van der Waals surface area contributed by atoms with Crippen molar-refractivity contribution in [2.45, 2.75) is 19.4 Å². The van der Waals surface area contributed by atoms with Crippen LogP contribution < -0.4 is 0 Å². The van der Waals surface area contributed by atoms with Gasteiger partial charge >= 0.3 is 0 Å². The van der Waals surface area contributed by atoms with Crippen LogP contribution in [-0.4, -0.2) is 24.4 Å². The van der Waals surface area contributed by atoms with E-state index in [-0.39, 0.29) is 12.5 Å². The molecule has 1 unspecified atom stereocenters. The number of hydrogen-bond donors (Lipinski definition) is 1. The minimum atomic E-state index is -1.32. The molecule has 0 aromatic heterocycles. The highest BCUT2D eigenvalue weighted by Crippen LogP contribution is 2.15. The van der Waals surface area contributed by atoms with Crippen LogP contribution in [0.3, 0.4) is 0 Å². The van der Waals surface area contributed by atoms with E-state index in [2.05, 4.69) is 4.74 Å². The number of nitrogens with zero attached hydrogens (tertiary/aromatic N) is 1. The molecule has 3 nitrogen and oxygen atoms in total. The van der Waals surface area contributed by atoms with Crippen LogP contribution in [0.15, 0.2) is 0 Å². The van der Waals surface area contributed by atoms with Crippen molar-refractivity contribution >= 4 is 0 Å². The Hall–Kier alpha value is -0.590. The molecule has 0 bridgehead atoms. The lowest BCUT2D eigenvalue weighted by molar-refractivity contribution is -0.0202. The van der Waals surface area contributed by atoms with Gasteiger partial charge in [-0.2, -0.15) is 5.26 Å². The molecule has 0 heterocycles. The maximum Gasteiger partial charge on any atom is 0.176 e. The molecular formula is C7H13NO2. The second kappa shape index (κ2) is 3.55. The van der Waals surface area contributed by atoms with Gasteiger partial charge in [0.15, 0.2) is 5.60 Å². The Kier molecular flexibility index (Phi) is 3.34. The number of nitriles is 1. The van der Waals surface area contributed by atoms with Crippen LogP contribution >= 0.6 is 0 Å². The average molecular weight is 143 g/mol. The van der Waals surface area contributed by atoms with Gasteiger partial charge < -0.3 is 9.84 Å². The molecule has 0 saturated heterocycles. The van der Waals surface area contributed by atoms with Crippen molar-refractivity contribution in [3.63, 3.8) is 0 Å². The van der Waals surface area contributed by atoms with E-state index in [0.717, 1.165) is 0 Å². The summed E-state index contributed by atoms with van der Waals surface area (Å²) in [4.78, 5) is 0. The van der Waals surface area contributed by atoms with E-state index < -0.39 is 5.60 Å². The van der Waals surface area contributed by atoms with Crippen molar-refractivity contribution in [1.82, 2.24) is 0 Å². The van der Waals surface area contributed by atoms with Gasteiger partial charge in [-0.25, -0.2) is 0 Å². The Morgan fingerprint density at radius 1 is 1.70 bits per heavy atom. The maximum atomic E-state index is 9.41. The number of rotatable bonds is 3. The highest BCUT2D eigenvalue weighted by atomic mass is 16.5. The predicted molar refractivity (Wildman–Crippen MR) is 37.3 cm³/mol. The van der Waals surface area contributed by atoms with Crippen molar-refractivity contribution in [3.8, 4) is 6.07 Å².